The van der Waals surface area contributed by atoms with Crippen molar-refractivity contribution < 1.29 is 4.39 Å². The Morgan fingerprint density at radius 1 is 1.47 bits per heavy atom. The van der Waals surface area contributed by atoms with E-state index >= 15 is 0 Å². The summed E-state index contributed by atoms with van der Waals surface area (Å²) in [5.74, 6) is 1.45. The molecule has 0 aromatic carbocycles. The molecule has 2 rings (SSSR count). The van der Waals surface area contributed by atoms with Crippen LogP contribution in [0.5, 0.6) is 0 Å². The maximum absolute atomic E-state index is 13.0. The molecule has 2 nitrogen and oxygen atoms in total. The standard InChI is InChI=1S/C11H15FN2S/c1-8-9(2)15-7-6-14(8)11-5-3-4-10(12)13-11/h3-5,8-9H,6-7H2,1-2H3. The molecular formula is C11H15FN2S. The number of hydrogen-bond donors (Lipinski definition) is 0. The molecule has 2 unspecified atom stereocenters. The second-order valence-corrected chi connectivity index (χ2v) is 5.31. The van der Waals surface area contributed by atoms with Crippen LogP contribution in [-0.2, 0) is 0 Å². The molecule has 0 radical (unpaired) electrons. The number of hydrogen-bond acceptors (Lipinski definition) is 3. The van der Waals surface area contributed by atoms with Gasteiger partial charge in [0.1, 0.15) is 5.82 Å². The fourth-order valence-corrected chi connectivity index (χ4v) is 2.91. The Morgan fingerprint density at radius 3 is 3.00 bits per heavy atom. The third-order valence-electron chi connectivity index (χ3n) is 2.88. The first kappa shape index (κ1) is 10.7. The zero-order valence-corrected chi connectivity index (χ0v) is 9.80. The average Bonchev–Trinajstić information content (AvgIpc) is 2.22. The van der Waals surface area contributed by atoms with Gasteiger partial charge >= 0.3 is 0 Å². The van der Waals surface area contributed by atoms with Crippen LogP contribution < -0.4 is 4.90 Å². The fraction of sp³-hybridized carbons (Fsp3) is 0.545. The summed E-state index contributed by atoms with van der Waals surface area (Å²) in [6, 6.07) is 5.40. The van der Waals surface area contributed by atoms with Crippen LogP contribution in [0.4, 0.5) is 10.2 Å². The first-order valence-electron chi connectivity index (χ1n) is 5.19. The molecule has 1 fully saturated rings. The van der Waals surface area contributed by atoms with Gasteiger partial charge in [0.05, 0.1) is 0 Å². The lowest BCUT2D eigenvalue weighted by molar-refractivity contribution is 0.568. The lowest BCUT2D eigenvalue weighted by Gasteiger charge is -2.38. The molecule has 0 spiro atoms. The fourth-order valence-electron chi connectivity index (χ4n) is 1.81. The van der Waals surface area contributed by atoms with E-state index in [-0.39, 0.29) is 0 Å². The number of pyridine rings is 1. The smallest absolute Gasteiger partial charge is 0.214 e. The van der Waals surface area contributed by atoms with Crippen LogP contribution in [0.2, 0.25) is 0 Å². The summed E-state index contributed by atoms with van der Waals surface area (Å²) in [6.07, 6.45) is 0. The van der Waals surface area contributed by atoms with Gasteiger partial charge in [0.25, 0.3) is 0 Å². The van der Waals surface area contributed by atoms with Crippen LogP contribution in [0.15, 0.2) is 18.2 Å². The van der Waals surface area contributed by atoms with E-state index in [0.717, 1.165) is 18.1 Å². The number of nitrogens with zero attached hydrogens (tertiary/aromatic N) is 2. The Bertz CT molecular complexity index is 345. The van der Waals surface area contributed by atoms with E-state index in [1.54, 1.807) is 6.07 Å². The minimum absolute atomic E-state index is 0.398. The van der Waals surface area contributed by atoms with E-state index in [1.807, 2.05) is 17.8 Å². The summed E-state index contributed by atoms with van der Waals surface area (Å²) >= 11 is 1.97. The predicted molar refractivity (Wildman–Crippen MR) is 62.9 cm³/mol. The van der Waals surface area contributed by atoms with Gasteiger partial charge in [-0.3, -0.25) is 0 Å². The second kappa shape index (κ2) is 4.39. The lowest BCUT2D eigenvalue weighted by Crippen LogP contribution is -2.45. The molecule has 0 aliphatic carbocycles. The van der Waals surface area contributed by atoms with Gasteiger partial charge in [-0.05, 0) is 19.1 Å². The quantitative estimate of drug-likeness (QED) is 0.685. The van der Waals surface area contributed by atoms with Gasteiger partial charge < -0.3 is 4.90 Å². The Kier molecular flexibility index (Phi) is 3.14. The van der Waals surface area contributed by atoms with Crippen molar-refractivity contribution in [3.63, 3.8) is 0 Å². The van der Waals surface area contributed by atoms with Crippen LogP contribution >= 0.6 is 11.8 Å². The highest BCUT2D eigenvalue weighted by Crippen LogP contribution is 2.27. The molecule has 2 atom stereocenters. The number of aromatic nitrogens is 1. The maximum atomic E-state index is 13.0. The highest BCUT2D eigenvalue weighted by molar-refractivity contribution is 8.00. The number of rotatable bonds is 1. The topological polar surface area (TPSA) is 16.1 Å². The third kappa shape index (κ3) is 2.25. The molecule has 1 aliphatic rings. The van der Waals surface area contributed by atoms with Crippen LogP contribution in [0.3, 0.4) is 0 Å². The van der Waals surface area contributed by atoms with Gasteiger partial charge in [0.2, 0.25) is 5.95 Å². The minimum atomic E-state index is -0.398. The molecule has 1 aromatic rings. The molecule has 82 valence electrons. The Balaban J connectivity index is 2.22. The Hall–Kier alpha value is -0.770. The molecule has 1 aromatic heterocycles. The average molecular weight is 226 g/mol. The van der Waals surface area contributed by atoms with E-state index in [0.29, 0.717) is 11.3 Å². The van der Waals surface area contributed by atoms with Gasteiger partial charge in [-0.1, -0.05) is 13.0 Å². The van der Waals surface area contributed by atoms with Gasteiger partial charge in [-0.25, -0.2) is 4.98 Å². The van der Waals surface area contributed by atoms with E-state index in [9.17, 15) is 4.39 Å². The third-order valence-corrected chi connectivity index (χ3v) is 4.22. The Morgan fingerprint density at radius 2 is 2.27 bits per heavy atom. The summed E-state index contributed by atoms with van der Waals surface area (Å²) in [5, 5.41) is 0.573. The zero-order chi connectivity index (χ0) is 10.8. The summed E-state index contributed by atoms with van der Waals surface area (Å²) in [4.78, 5) is 6.12. The van der Waals surface area contributed by atoms with Gasteiger partial charge in [-0.15, -0.1) is 0 Å². The number of halogens is 1. The predicted octanol–water partition coefficient (Wildman–Crippen LogP) is 2.55. The first-order valence-corrected chi connectivity index (χ1v) is 6.24. The summed E-state index contributed by atoms with van der Waals surface area (Å²) in [6.45, 7) is 5.33. The van der Waals surface area contributed by atoms with E-state index in [1.165, 1.54) is 6.07 Å². The van der Waals surface area contributed by atoms with Crippen molar-refractivity contribution in [2.75, 3.05) is 17.2 Å². The molecule has 4 heteroatoms. The maximum Gasteiger partial charge on any atom is 0.214 e. The molecule has 0 saturated carbocycles. The molecular weight excluding hydrogens is 211 g/mol. The zero-order valence-electron chi connectivity index (χ0n) is 8.98. The highest BCUT2D eigenvalue weighted by atomic mass is 32.2. The first-order chi connectivity index (χ1) is 7.18. The van der Waals surface area contributed by atoms with E-state index in [2.05, 4.69) is 23.7 Å². The number of anilines is 1. The SMILES string of the molecule is CC1SCCN(c2cccc(F)n2)C1C. The summed E-state index contributed by atoms with van der Waals surface area (Å²) < 4.78 is 13.0. The van der Waals surface area contributed by atoms with Gasteiger partial charge in [-0.2, -0.15) is 16.2 Å². The van der Waals surface area contributed by atoms with Crippen molar-refractivity contribution >= 4 is 17.6 Å². The van der Waals surface area contributed by atoms with Crippen molar-refractivity contribution in [3.05, 3.63) is 24.1 Å². The van der Waals surface area contributed by atoms with Gasteiger partial charge in [0, 0.05) is 23.6 Å². The van der Waals surface area contributed by atoms with Crippen LogP contribution in [0, 0.1) is 5.95 Å². The highest BCUT2D eigenvalue weighted by Gasteiger charge is 2.26. The van der Waals surface area contributed by atoms with E-state index < -0.39 is 5.95 Å². The van der Waals surface area contributed by atoms with Crippen molar-refractivity contribution in [2.24, 2.45) is 0 Å². The molecule has 0 bridgehead atoms. The summed E-state index contributed by atoms with van der Waals surface area (Å²) in [7, 11) is 0. The summed E-state index contributed by atoms with van der Waals surface area (Å²) in [5.41, 5.74) is 0. The normalized spacial score (nSPS) is 26.7. The second-order valence-electron chi connectivity index (χ2n) is 3.83. The molecule has 0 amide bonds. The largest absolute Gasteiger partial charge is 0.352 e. The molecule has 1 aliphatic heterocycles. The molecule has 1 saturated heterocycles. The van der Waals surface area contributed by atoms with E-state index in [4.69, 9.17) is 0 Å². The molecule has 15 heavy (non-hydrogen) atoms. The van der Waals surface area contributed by atoms with Gasteiger partial charge in [0.15, 0.2) is 0 Å². The Labute approximate surface area is 93.9 Å². The van der Waals surface area contributed by atoms with Crippen molar-refractivity contribution in [3.8, 4) is 0 Å². The number of thioether (sulfide) groups is 1. The molecule has 2 heterocycles. The van der Waals surface area contributed by atoms with Crippen LogP contribution in [0.1, 0.15) is 13.8 Å². The van der Waals surface area contributed by atoms with Crippen LogP contribution in [0.25, 0.3) is 0 Å². The van der Waals surface area contributed by atoms with Crippen molar-refractivity contribution in [1.29, 1.82) is 0 Å². The van der Waals surface area contributed by atoms with Crippen molar-refractivity contribution in [2.45, 2.75) is 25.1 Å². The lowest BCUT2D eigenvalue weighted by atomic mass is 10.2. The monoisotopic (exact) mass is 226 g/mol. The molecule has 0 N–H and O–H groups in total. The van der Waals surface area contributed by atoms with Crippen molar-refractivity contribution in [1.82, 2.24) is 4.98 Å². The minimum Gasteiger partial charge on any atom is -0.352 e. The van der Waals surface area contributed by atoms with Crippen LogP contribution in [-0.4, -0.2) is 28.6 Å².